The fraction of sp³-hybridized carbons (Fsp3) is 0.296. The summed E-state index contributed by atoms with van der Waals surface area (Å²) in [7, 11) is 0. The van der Waals surface area contributed by atoms with E-state index in [9.17, 15) is 18.4 Å². The summed E-state index contributed by atoms with van der Waals surface area (Å²) in [6.07, 6.45) is 1.93. The van der Waals surface area contributed by atoms with Crippen molar-refractivity contribution in [3.8, 4) is 0 Å². The number of rotatable bonds is 6. The average molecular weight is 464 g/mol. The third kappa shape index (κ3) is 5.14. The average Bonchev–Trinajstić information content (AvgIpc) is 3.30. The van der Waals surface area contributed by atoms with Gasteiger partial charge in [0.05, 0.1) is 11.7 Å². The Hall–Kier alpha value is -3.61. The largest absolute Gasteiger partial charge is 0.338 e. The van der Waals surface area contributed by atoms with E-state index in [4.69, 9.17) is 4.98 Å². The van der Waals surface area contributed by atoms with Gasteiger partial charge in [0.25, 0.3) is 5.91 Å². The number of halogens is 2. The number of benzene rings is 2. The minimum Gasteiger partial charge on any atom is -0.338 e. The second kappa shape index (κ2) is 9.71. The van der Waals surface area contributed by atoms with Crippen LogP contribution in [0.2, 0.25) is 0 Å². The molecule has 4 rings (SSSR count). The topological polar surface area (TPSA) is 62.3 Å². The molecule has 1 N–H and O–H groups in total. The first-order valence-corrected chi connectivity index (χ1v) is 11.3. The van der Waals surface area contributed by atoms with E-state index in [1.807, 2.05) is 18.2 Å². The van der Waals surface area contributed by atoms with Crippen molar-refractivity contribution in [2.24, 2.45) is 0 Å². The van der Waals surface area contributed by atoms with E-state index in [1.54, 1.807) is 36.9 Å². The number of carbonyl (C=O) groups is 2. The Morgan fingerprint density at radius 2 is 1.76 bits per heavy atom. The maximum absolute atomic E-state index is 14.1. The normalized spacial score (nSPS) is 15.9. The second-order valence-electron chi connectivity index (χ2n) is 9.06. The summed E-state index contributed by atoms with van der Waals surface area (Å²) in [4.78, 5) is 32.6. The molecule has 2 heterocycles. The van der Waals surface area contributed by atoms with E-state index < -0.39 is 17.3 Å². The van der Waals surface area contributed by atoms with Gasteiger partial charge in [0, 0.05) is 24.2 Å². The van der Waals surface area contributed by atoms with Crippen molar-refractivity contribution in [3.63, 3.8) is 0 Å². The molecule has 176 valence electrons. The quantitative estimate of drug-likeness (QED) is 0.570. The molecule has 34 heavy (non-hydrogen) atoms. The first-order valence-electron chi connectivity index (χ1n) is 11.3. The van der Waals surface area contributed by atoms with Crippen LogP contribution in [-0.2, 0) is 11.2 Å². The van der Waals surface area contributed by atoms with Gasteiger partial charge < -0.3 is 10.2 Å². The lowest BCUT2D eigenvalue weighted by atomic mass is 10.0. The molecule has 1 aliphatic rings. The number of pyridine rings is 1. The van der Waals surface area contributed by atoms with Crippen LogP contribution in [0.25, 0.3) is 0 Å². The Labute approximate surface area is 197 Å². The molecule has 0 aliphatic carbocycles. The smallest absolute Gasteiger partial charge is 0.252 e. The number of carbonyl (C=O) groups excluding carboxylic acids is 2. The number of hydrogen-bond donors (Lipinski definition) is 1. The van der Waals surface area contributed by atoms with Gasteiger partial charge in [-0.2, -0.15) is 0 Å². The Morgan fingerprint density at radius 1 is 1.03 bits per heavy atom. The number of hydrogen-bond acceptors (Lipinski definition) is 3. The van der Waals surface area contributed by atoms with Crippen LogP contribution in [0, 0.1) is 11.6 Å². The SMILES string of the molecule is CC(C)(NC(=O)c1ccc(F)cc1)C(=O)N1CCC[C@H]1c1cccc(Cc2ccccc2F)n1. The highest BCUT2D eigenvalue weighted by Gasteiger charge is 2.40. The lowest BCUT2D eigenvalue weighted by Crippen LogP contribution is -2.55. The molecule has 3 aromatic rings. The molecular formula is C27H27F2N3O2. The minimum atomic E-state index is -1.17. The minimum absolute atomic E-state index is 0.216. The zero-order chi connectivity index (χ0) is 24.3. The maximum Gasteiger partial charge on any atom is 0.252 e. The summed E-state index contributed by atoms with van der Waals surface area (Å²) >= 11 is 0. The fourth-order valence-corrected chi connectivity index (χ4v) is 4.31. The third-order valence-corrected chi connectivity index (χ3v) is 6.08. The molecule has 1 aliphatic heterocycles. The molecule has 2 aromatic carbocycles. The van der Waals surface area contributed by atoms with Gasteiger partial charge in [-0.05, 0) is 74.7 Å². The number of amides is 2. The van der Waals surface area contributed by atoms with E-state index in [0.717, 1.165) is 24.2 Å². The monoisotopic (exact) mass is 463 g/mol. The lowest BCUT2D eigenvalue weighted by Gasteiger charge is -2.33. The predicted octanol–water partition coefficient (Wildman–Crippen LogP) is 4.82. The molecule has 0 spiro atoms. The van der Waals surface area contributed by atoms with Crippen molar-refractivity contribution in [1.29, 1.82) is 0 Å². The Kier molecular flexibility index (Phi) is 6.72. The van der Waals surface area contributed by atoms with Gasteiger partial charge in [0.1, 0.15) is 17.2 Å². The van der Waals surface area contributed by atoms with Crippen molar-refractivity contribution >= 4 is 11.8 Å². The second-order valence-corrected chi connectivity index (χ2v) is 9.06. The first-order chi connectivity index (χ1) is 16.2. The molecule has 2 amide bonds. The first kappa shape index (κ1) is 23.5. The van der Waals surface area contributed by atoms with Crippen LogP contribution in [0.4, 0.5) is 8.78 Å². The molecule has 0 radical (unpaired) electrons. The summed E-state index contributed by atoms with van der Waals surface area (Å²) in [5.74, 6) is -1.37. The summed E-state index contributed by atoms with van der Waals surface area (Å²) in [5, 5.41) is 2.78. The van der Waals surface area contributed by atoms with Crippen LogP contribution in [0.15, 0.2) is 66.7 Å². The molecule has 1 saturated heterocycles. The van der Waals surface area contributed by atoms with Crippen LogP contribution in [-0.4, -0.2) is 33.8 Å². The summed E-state index contributed by atoms with van der Waals surface area (Å²) in [6.45, 7) is 3.88. The Balaban J connectivity index is 1.50. The molecular weight excluding hydrogens is 436 g/mol. The highest BCUT2D eigenvalue weighted by atomic mass is 19.1. The van der Waals surface area contributed by atoms with Gasteiger partial charge in [-0.3, -0.25) is 14.6 Å². The molecule has 0 unspecified atom stereocenters. The molecule has 1 atom stereocenters. The molecule has 1 fully saturated rings. The van der Waals surface area contributed by atoms with Gasteiger partial charge in [-0.15, -0.1) is 0 Å². The maximum atomic E-state index is 14.1. The third-order valence-electron chi connectivity index (χ3n) is 6.08. The summed E-state index contributed by atoms with van der Waals surface area (Å²) in [5.41, 5.74) is 1.16. The Bertz CT molecular complexity index is 1190. The fourth-order valence-electron chi connectivity index (χ4n) is 4.31. The van der Waals surface area contributed by atoms with Crippen LogP contribution in [0.1, 0.15) is 60.0 Å². The van der Waals surface area contributed by atoms with Gasteiger partial charge in [-0.25, -0.2) is 8.78 Å². The number of likely N-dealkylation sites (tertiary alicyclic amines) is 1. The van der Waals surface area contributed by atoms with E-state index in [2.05, 4.69) is 5.32 Å². The van der Waals surface area contributed by atoms with Crippen molar-refractivity contribution in [1.82, 2.24) is 15.2 Å². The molecule has 0 saturated carbocycles. The molecule has 7 heteroatoms. The number of nitrogens with zero attached hydrogens (tertiary/aromatic N) is 2. The van der Waals surface area contributed by atoms with Crippen LogP contribution >= 0.6 is 0 Å². The van der Waals surface area contributed by atoms with Gasteiger partial charge in [0.15, 0.2) is 0 Å². The number of aromatic nitrogens is 1. The highest BCUT2D eigenvalue weighted by Crippen LogP contribution is 2.33. The predicted molar refractivity (Wildman–Crippen MR) is 125 cm³/mol. The summed E-state index contributed by atoms with van der Waals surface area (Å²) < 4.78 is 27.3. The molecule has 1 aromatic heterocycles. The Morgan fingerprint density at radius 3 is 2.50 bits per heavy atom. The van der Waals surface area contributed by atoms with Gasteiger partial charge in [0.2, 0.25) is 5.91 Å². The molecule has 0 bridgehead atoms. The van der Waals surface area contributed by atoms with Crippen LogP contribution in [0.5, 0.6) is 0 Å². The molecule has 5 nitrogen and oxygen atoms in total. The highest BCUT2D eigenvalue weighted by molar-refractivity contribution is 5.99. The van der Waals surface area contributed by atoms with Crippen LogP contribution in [0.3, 0.4) is 0 Å². The standard InChI is InChI=1S/C27H27F2N3O2/c1-27(2,31-25(33)18-12-14-20(28)15-13-18)26(34)32-16-6-11-24(32)23-10-5-8-21(30-23)17-19-7-3-4-9-22(19)29/h3-5,7-10,12-15,24H,6,11,16-17H2,1-2H3,(H,31,33)/t24-/m0/s1. The van der Waals surface area contributed by atoms with Gasteiger partial charge >= 0.3 is 0 Å². The number of nitrogens with one attached hydrogen (secondary N) is 1. The lowest BCUT2D eigenvalue weighted by molar-refractivity contribution is -0.137. The van der Waals surface area contributed by atoms with Crippen LogP contribution < -0.4 is 5.32 Å². The van der Waals surface area contributed by atoms with Gasteiger partial charge in [-0.1, -0.05) is 24.3 Å². The van der Waals surface area contributed by atoms with Crippen molar-refractivity contribution in [2.75, 3.05) is 6.54 Å². The van der Waals surface area contributed by atoms with E-state index in [-0.39, 0.29) is 23.3 Å². The summed E-state index contributed by atoms with van der Waals surface area (Å²) in [6, 6.07) is 17.2. The van der Waals surface area contributed by atoms with E-state index in [0.29, 0.717) is 18.5 Å². The zero-order valence-electron chi connectivity index (χ0n) is 19.2. The van der Waals surface area contributed by atoms with E-state index in [1.165, 1.54) is 30.3 Å². The van der Waals surface area contributed by atoms with Crippen molar-refractivity contribution < 1.29 is 18.4 Å². The van der Waals surface area contributed by atoms with E-state index >= 15 is 0 Å². The van der Waals surface area contributed by atoms with Crippen molar-refractivity contribution in [2.45, 2.75) is 44.7 Å². The zero-order valence-corrected chi connectivity index (χ0v) is 19.2. The van der Waals surface area contributed by atoms with Crippen molar-refractivity contribution in [3.05, 3.63) is 101 Å².